The Kier molecular flexibility index (Phi) is 3.26. The van der Waals surface area contributed by atoms with E-state index >= 15 is 0 Å². The van der Waals surface area contributed by atoms with Crippen LogP contribution in [-0.2, 0) is 9.53 Å². The van der Waals surface area contributed by atoms with Crippen LogP contribution in [0, 0.1) is 0 Å². The van der Waals surface area contributed by atoms with Gasteiger partial charge in [0, 0.05) is 17.3 Å². The Hall–Kier alpha value is -1.66. The van der Waals surface area contributed by atoms with Gasteiger partial charge in [-0.1, -0.05) is 11.6 Å². The van der Waals surface area contributed by atoms with Crippen LogP contribution in [0.25, 0.3) is 0 Å². The van der Waals surface area contributed by atoms with Crippen molar-refractivity contribution in [1.29, 1.82) is 0 Å². The second-order valence-electron chi connectivity index (χ2n) is 3.29. The zero-order valence-corrected chi connectivity index (χ0v) is 9.76. The summed E-state index contributed by atoms with van der Waals surface area (Å²) in [7, 11) is 0. The van der Waals surface area contributed by atoms with Crippen LogP contribution in [0.2, 0.25) is 0 Å². The summed E-state index contributed by atoms with van der Waals surface area (Å²) in [4.78, 5) is 12.9. The Morgan fingerprint density at radius 3 is 3.12 bits per heavy atom. The van der Waals surface area contributed by atoms with E-state index in [1.165, 1.54) is 17.2 Å². The van der Waals surface area contributed by atoms with Crippen molar-refractivity contribution in [2.75, 3.05) is 6.61 Å². The SMILES string of the molecule is CCOC(=O)C1=NN=C2C=C(Cl)C=CN2[C@H]1O. The van der Waals surface area contributed by atoms with Crippen molar-refractivity contribution in [1.82, 2.24) is 4.90 Å². The Labute approximate surface area is 103 Å². The molecule has 6 nitrogen and oxygen atoms in total. The van der Waals surface area contributed by atoms with E-state index < -0.39 is 12.2 Å². The first-order valence-corrected chi connectivity index (χ1v) is 5.35. The lowest BCUT2D eigenvalue weighted by Gasteiger charge is -2.29. The molecule has 7 heteroatoms. The number of amidine groups is 1. The van der Waals surface area contributed by atoms with Crippen LogP contribution < -0.4 is 0 Å². The third kappa shape index (κ3) is 2.22. The standard InChI is InChI=1S/C10H10ClN3O3/c1-2-17-10(16)8-9(15)14-4-3-6(11)5-7(14)12-13-8/h3-5,9,15H,2H2,1H3/t9-/m0/s1. The lowest BCUT2D eigenvalue weighted by Crippen LogP contribution is -2.47. The lowest BCUT2D eigenvalue weighted by atomic mass is 10.2. The maximum absolute atomic E-state index is 11.5. The predicted molar refractivity (Wildman–Crippen MR) is 62.4 cm³/mol. The van der Waals surface area contributed by atoms with Crippen molar-refractivity contribution in [3.05, 3.63) is 23.4 Å². The predicted octanol–water partition coefficient (Wildman–Crippen LogP) is 0.588. The highest BCUT2D eigenvalue weighted by atomic mass is 35.5. The van der Waals surface area contributed by atoms with Gasteiger partial charge in [-0.05, 0) is 13.0 Å². The first-order chi connectivity index (χ1) is 8.13. The van der Waals surface area contributed by atoms with Gasteiger partial charge in [-0.3, -0.25) is 4.90 Å². The van der Waals surface area contributed by atoms with E-state index in [-0.39, 0.29) is 12.3 Å². The average Bonchev–Trinajstić information content (AvgIpc) is 2.29. The average molecular weight is 256 g/mol. The third-order valence-electron chi connectivity index (χ3n) is 2.18. The molecule has 90 valence electrons. The molecule has 1 atom stereocenters. The first kappa shape index (κ1) is 11.8. The molecule has 0 spiro atoms. The molecule has 2 aliphatic rings. The van der Waals surface area contributed by atoms with Gasteiger partial charge in [-0.15, -0.1) is 10.2 Å². The van der Waals surface area contributed by atoms with Gasteiger partial charge in [0.2, 0.25) is 0 Å². The molecule has 0 bridgehead atoms. The number of carbonyl (C=O) groups is 1. The summed E-state index contributed by atoms with van der Waals surface area (Å²) in [5.74, 6) is -0.310. The van der Waals surface area contributed by atoms with E-state index in [1.807, 2.05) is 0 Å². The summed E-state index contributed by atoms with van der Waals surface area (Å²) in [6.45, 7) is 1.88. The summed E-state index contributed by atoms with van der Waals surface area (Å²) in [5.41, 5.74) is -0.147. The molecule has 0 fully saturated rings. The molecule has 2 rings (SSSR count). The Morgan fingerprint density at radius 1 is 1.65 bits per heavy atom. The third-order valence-corrected chi connectivity index (χ3v) is 2.41. The minimum atomic E-state index is -1.21. The zero-order chi connectivity index (χ0) is 12.4. The summed E-state index contributed by atoms with van der Waals surface area (Å²) in [5, 5.41) is 17.9. The fourth-order valence-electron chi connectivity index (χ4n) is 1.40. The van der Waals surface area contributed by atoms with Crippen molar-refractivity contribution >= 4 is 29.1 Å². The largest absolute Gasteiger partial charge is 0.461 e. The Balaban J connectivity index is 2.28. The van der Waals surface area contributed by atoms with Gasteiger partial charge in [0.15, 0.2) is 17.8 Å². The molecule has 0 aliphatic carbocycles. The normalized spacial score (nSPS) is 22.4. The number of nitrogens with zero attached hydrogens (tertiary/aromatic N) is 3. The first-order valence-electron chi connectivity index (χ1n) is 4.98. The minimum absolute atomic E-state index is 0.147. The molecule has 0 saturated carbocycles. The highest BCUT2D eigenvalue weighted by Crippen LogP contribution is 2.18. The van der Waals surface area contributed by atoms with Crippen LogP contribution in [0.5, 0.6) is 0 Å². The number of hydrogen-bond acceptors (Lipinski definition) is 6. The van der Waals surface area contributed by atoms with Crippen molar-refractivity contribution in [2.24, 2.45) is 10.2 Å². The molecule has 0 aromatic carbocycles. The van der Waals surface area contributed by atoms with Gasteiger partial charge < -0.3 is 9.84 Å². The number of fused-ring (bicyclic) bond motifs is 1. The van der Waals surface area contributed by atoms with Crippen LogP contribution in [0.3, 0.4) is 0 Å². The molecule has 0 saturated heterocycles. The Morgan fingerprint density at radius 2 is 2.41 bits per heavy atom. The number of allylic oxidation sites excluding steroid dienone is 2. The number of halogens is 1. The van der Waals surface area contributed by atoms with Gasteiger partial charge in [-0.25, -0.2) is 4.79 Å². The second-order valence-corrected chi connectivity index (χ2v) is 3.73. The molecule has 1 N–H and O–H groups in total. The van der Waals surface area contributed by atoms with E-state index in [1.54, 1.807) is 13.0 Å². The van der Waals surface area contributed by atoms with Crippen LogP contribution in [0.4, 0.5) is 0 Å². The molecule has 0 aromatic heterocycles. The number of aliphatic hydroxyl groups excluding tert-OH is 1. The zero-order valence-electron chi connectivity index (χ0n) is 9.00. The minimum Gasteiger partial charge on any atom is -0.461 e. The van der Waals surface area contributed by atoms with E-state index in [4.69, 9.17) is 16.3 Å². The number of rotatable bonds is 2. The highest BCUT2D eigenvalue weighted by Gasteiger charge is 2.32. The van der Waals surface area contributed by atoms with E-state index in [9.17, 15) is 9.90 Å². The van der Waals surface area contributed by atoms with Gasteiger partial charge in [0.05, 0.1) is 6.61 Å². The van der Waals surface area contributed by atoms with Crippen LogP contribution in [0.1, 0.15) is 6.92 Å². The number of ether oxygens (including phenoxy) is 1. The molecule has 0 radical (unpaired) electrons. The quantitative estimate of drug-likeness (QED) is 0.733. The smallest absolute Gasteiger partial charge is 0.359 e. The lowest BCUT2D eigenvalue weighted by molar-refractivity contribution is -0.135. The van der Waals surface area contributed by atoms with E-state index in [0.29, 0.717) is 10.9 Å². The molecule has 0 unspecified atom stereocenters. The molecule has 2 heterocycles. The monoisotopic (exact) mass is 255 g/mol. The summed E-state index contributed by atoms with van der Waals surface area (Å²) in [6.07, 6.45) is 3.44. The summed E-state index contributed by atoms with van der Waals surface area (Å²) >= 11 is 5.78. The molecule has 0 aromatic rings. The maximum Gasteiger partial charge on any atom is 0.359 e. The fourth-order valence-corrected chi connectivity index (χ4v) is 1.55. The van der Waals surface area contributed by atoms with Crippen molar-refractivity contribution in [2.45, 2.75) is 13.2 Å². The fraction of sp³-hybridized carbons (Fsp3) is 0.300. The van der Waals surface area contributed by atoms with Crippen molar-refractivity contribution < 1.29 is 14.6 Å². The van der Waals surface area contributed by atoms with Crippen LogP contribution in [0.15, 0.2) is 33.6 Å². The van der Waals surface area contributed by atoms with Gasteiger partial charge in [-0.2, -0.15) is 0 Å². The number of esters is 1. The number of aliphatic hydroxyl groups is 1. The highest BCUT2D eigenvalue weighted by molar-refractivity contribution is 6.39. The topological polar surface area (TPSA) is 74.5 Å². The molecule has 17 heavy (non-hydrogen) atoms. The molecule has 0 amide bonds. The number of carbonyl (C=O) groups excluding carboxylic acids is 1. The second kappa shape index (κ2) is 4.68. The molecular weight excluding hydrogens is 246 g/mol. The maximum atomic E-state index is 11.5. The van der Waals surface area contributed by atoms with E-state index in [2.05, 4.69) is 10.2 Å². The van der Waals surface area contributed by atoms with Crippen LogP contribution >= 0.6 is 11.6 Å². The van der Waals surface area contributed by atoms with Gasteiger partial charge in [0.25, 0.3) is 0 Å². The number of hydrogen-bond donors (Lipinski definition) is 1. The van der Waals surface area contributed by atoms with Crippen molar-refractivity contribution in [3.63, 3.8) is 0 Å². The molecule has 2 aliphatic heterocycles. The van der Waals surface area contributed by atoms with Gasteiger partial charge in [0.1, 0.15) is 0 Å². The van der Waals surface area contributed by atoms with Crippen LogP contribution in [-0.4, -0.2) is 40.4 Å². The van der Waals surface area contributed by atoms with Crippen molar-refractivity contribution in [3.8, 4) is 0 Å². The summed E-state index contributed by atoms with van der Waals surface area (Å²) < 4.78 is 4.76. The molecular formula is C10H10ClN3O3. The Bertz CT molecular complexity index is 467. The van der Waals surface area contributed by atoms with Gasteiger partial charge >= 0.3 is 5.97 Å². The van der Waals surface area contributed by atoms with E-state index in [0.717, 1.165) is 0 Å². The summed E-state index contributed by atoms with van der Waals surface area (Å²) in [6, 6.07) is 0.